The first-order valence-electron chi connectivity index (χ1n) is 14.0. The summed E-state index contributed by atoms with van der Waals surface area (Å²) in [6.07, 6.45) is 27.3. The lowest BCUT2D eigenvalue weighted by molar-refractivity contribution is -0.144. The average Bonchev–Trinajstić information content (AvgIpc) is 2.77. The highest BCUT2D eigenvalue weighted by atomic mass is 16.5. The maximum atomic E-state index is 11.2. The molecule has 0 saturated carbocycles. The van der Waals surface area contributed by atoms with Crippen molar-refractivity contribution in [2.75, 3.05) is 13.2 Å². The topological polar surface area (TPSA) is 52.6 Å². The molecule has 32 heavy (non-hydrogen) atoms. The van der Waals surface area contributed by atoms with Crippen LogP contribution in [0.3, 0.4) is 0 Å². The smallest absolute Gasteiger partial charge is 0.305 e. The number of carbonyl (C=O) groups excluding carboxylic acids is 2. The summed E-state index contributed by atoms with van der Waals surface area (Å²) in [6, 6.07) is 0. The monoisotopic (exact) mass is 454 g/mol. The molecule has 0 aliphatic heterocycles. The summed E-state index contributed by atoms with van der Waals surface area (Å²) in [5.74, 6) is -0.0772. The zero-order valence-corrected chi connectivity index (χ0v) is 21.6. The van der Waals surface area contributed by atoms with Gasteiger partial charge in [0.15, 0.2) is 0 Å². The number of ether oxygens (including phenoxy) is 2. The van der Waals surface area contributed by atoms with E-state index in [-0.39, 0.29) is 11.9 Å². The first kappa shape index (κ1) is 30.9. The van der Waals surface area contributed by atoms with Crippen LogP contribution >= 0.6 is 0 Å². The first-order valence-corrected chi connectivity index (χ1v) is 14.0. The van der Waals surface area contributed by atoms with Crippen LogP contribution in [-0.4, -0.2) is 25.2 Å². The second-order valence-electron chi connectivity index (χ2n) is 9.18. The second kappa shape index (κ2) is 26.2. The van der Waals surface area contributed by atoms with E-state index in [1.807, 2.05) is 13.8 Å². The van der Waals surface area contributed by atoms with Crippen LogP contribution in [0.2, 0.25) is 0 Å². The summed E-state index contributed by atoms with van der Waals surface area (Å²) in [7, 11) is 0. The fourth-order valence-electron chi connectivity index (χ4n) is 4.19. The van der Waals surface area contributed by atoms with E-state index in [4.69, 9.17) is 9.47 Å². The number of carbonyl (C=O) groups is 2. The second-order valence-corrected chi connectivity index (χ2v) is 9.18. The molecule has 0 spiro atoms. The van der Waals surface area contributed by atoms with E-state index >= 15 is 0 Å². The molecule has 0 atom stereocenters. The molecule has 0 aliphatic carbocycles. The van der Waals surface area contributed by atoms with Gasteiger partial charge >= 0.3 is 11.9 Å². The van der Waals surface area contributed by atoms with Crippen molar-refractivity contribution in [2.24, 2.45) is 0 Å². The third kappa shape index (κ3) is 25.2. The molecule has 0 aromatic carbocycles. The van der Waals surface area contributed by atoms with Gasteiger partial charge in [-0.2, -0.15) is 0 Å². The Labute approximate surface area is 199 Å². The molecular weight excluding hydrogens is 400 g/mol. The SMILES string of the molecule is CCOC(=O)CCCCCCCCCCCCCCCCCCCCCCC(=O)OCC. The largest absolute Gasteiger partial charge is 0.466 e. The molecule has 0 saturated heterocycles. The number of hydrogen-bond donors (Lipinski definition) is 0. The molecule has 0 bridgehead atoms. The molecule has 4 heteroatoms. The van der Waals surface area contributed by atoms with Gasteiger partial charge < -0.3 is 9.47 Å². The fourth-order valence-corrected chi connectivity index (χ4v) is 4.19. The summed E-state index contributed by atoms with van der Waals surface area (Å²) in [6.45, 7) is 4.73. The lowest BCUT2D eigenvalue weighted by Crippen LogP contribution is -2.03. The van der Waals surface area contributed by atoms with Crippen LogP contribution in [0.4, 0.5) is 0 Å². The van der Waals surface area contributed by atoms with E-state index in [0.29, 0.717) is 26.1 Å². The molecule has 4 nitrogen and oxygen atoms in total. The molecule has 0 aromatic rings. The van der Waals surface area contributed by atoms with Crippen LogP contribution in [0.15, 0.2) is 0 Å². The molecule has 0 amide bonds. The van der Waals surface area contributed by atoms with Crippen LogP contribution in [-0.2, 0) is 19.1 Å². The van der Waals surface area contributed by atoms with E-state index in [1.54, 1.807) is 0 Å². The minimum Gasteiger partial charge on any atom is -0.466 e. The van der Waals surface area contributed by atoms with Crippen molar-refractivity contribution in [3.63, 3.8) is 0 Å². The predicted octanol–water partition coefficient (Wildman–Crippen LogP) is 8.69. The minimum atomic E-state index is -0.0386. The summed E-state index contributed by atoms with van der Waals surface area (Å²) in [4.78, 5) is 22.5. The molecular formula is C28H54O4. The zero-order chi connectivity index (χ0) is 23.5. The van der Waals surface area contributed by atoms with Gasteiger partial charge in [-0.1, -0.05) is 116 Å². The molecule has 0 heterocycles. The Morgan fingerprint density at radius 1 is 0.375 bits per heavy atom. The molecule has 190 valence electrons. The Morgan fingerprint density at radius 3 is 0.750 bits per heavy atom. The Kier molecular flexibility index (Phi) is 25.3. The van der Waals surface area contributed by atoms with Crippen molar-refractivity contribution >= 4 is 11.9 Å². The minimum absolute atomic E-state index is 0.0386. The lowest BCUT2D eigenvalue weighted by atomic mass is 10.0. The molecule has 0 unspecified atom stereocenters. The van der Waals surface area contributed by atoms with Crippen molar-refractivity contribution in [1.82, 2.24) is 0 Å². The van der Waals surface area contributed by atoms with E-state index in [1.165, 1.54) is 103 Å². The van der Waals surface area contributed by atoms with E-state index < -0.39 is 0 Å². The van der Waals surface area contributed by atoms with Crippen molar-refractivity contribution in [1.29, 1.82) is 0 Å². The van der Waals surface area contributed by atoms with Gasteiger partial charge in [0.1, 0.15) is 0 Å². The van der Waals surface area contributed by atoms with Gasteiger partial charge in [-0.15, -0.1) is 0 Å². The van der Waals surface area contributed by atoms with E-state index in [2.05, 4.69) is 0 Å². The summed E-state index contributed by atoms with van der Waals surface area (Å²) < 4.78 is 9.89. The van der Waals surface area contributed by atoms with Gasteiger partial charge in [0.05, 0.1) is 13.2 Å². The van der Waals surface area contributed by atoms with E-state index in [0.717, 1.165) is 25.7 Å². The average molecular weight is 455 g/mol. The highest BCUT2D eigenvalue weighted by Crippen LogP contribution is 2.15. The van der Waals surface area contributed by atoms with Crippen LogP contribution in [0, 0.1) is 0 Å². The first-order chi connectivity index (χ1) is 15.7. The van der Waals surface area contributed by atoms with Crippen LogP contribution < -0.4 is 0 Å². The molecule has 0 aromatic heterocycles. The summed E-state index contributed by atoms with van der Waals surface area (Å²) in [5, 5.41) is 0. The molecule has 0 fully saturated rings. The number of rotatable bonds is 25. The predicted molar refractivity (Wildman–Crippen MR) is 135 cm³/mol. The van der Waals surface area contributed by atoms with Gasteiger partial charge in [0, 0.05) is 12.8 Å². The van der Waals surface area contributed by atoms with Crippen molar-refractivity contribution in [3.05, 3.63) is 0 Å². The van der Waals surface area contributed by atoms with E-state index in [9.17, 15) is 9.59 Å². The quantitative estimate of drug-likeness (QED) is 0.102. The Morgan fingerprint density at radius 2 is 0.562 bits per heavy atom. The third-order valence-corrected chi connectivity index (χ3v) is 6.12. The van der Waals surface area contributed by atoms with Gasteiger partial charge in [0.25, 0.3) is 0 Å². The highest BCUT2D eigenvalue weighted by molar-refractivity contribution is 5.69. The van der Waals surface area contributed by atoms with Crippen LogP contribution in [0.25, 0.3) is 0 Å². The Hall–Kier alpha value is -1.06. The normalized spacial score (nSPS) is 10.9. The number of esters is 2. The highest BCUT2D eigenvalue weighted by Gasteiger charge is 2.01. The Balaban J connectivity index is 3.08. The van der Waals surface area contributed by atoms with Crippen molar-refractivity contribution < 1.29 is 19.1 Å². The lowest BCUT2D eigenvalue weighted by Gasteiger charge is -2.04. The third-order valence-electron chi connectivity index (χ3n) is 6.12. The maximum absolute atomic E-state index is 11.2. The molecule has 0 N–H and O–H groups in total. The van der Waals surface area contributed by atoms with Gasteiger partial charge in [-0.25, -0.2) is 0 Å². The Bertz CT molecular complexity index is 370. The van der Waals surface area contributed by atoms with Gasteiger partial charge in [-0.3, -0.25) is 9.59 Å². The van der Waals surface area contributed by atoms with Crippen LogP contribution in [0.5, 0.6) is 0 Å². The number of hydrogen-bond acceptors (Lipinski definition) is 4. The molecule has 0 aliphatic rings. The maximum Gasteiger partial charge on any atom is 0.305 e. The van der Waals surface area contributed by atoms with Crippen LogP contribution in [0.1, 0.15) is 155 Å². The number of unbranched alkanes of at least 4 members (excludes halogenated alkanes) is 19. The van der Waals surface area contributed by atoms with Gasteiger partial charge in [-0.05, 0) is 26.7 Å². The molecule has 0 rings (SSSR count). The zero-order valence-electron chi connectivity index (χ0n) is 21.6. The summed E-state index contributed by atoms with van der Waals surface area (Å²) in [5.41, 5.74) is 0. The fraction of sp³-hybridized carbons (Fsp3) is 0.929. The van der Waals surface area contributed by atoms with Crippen molar-refractivity contribution in [2.45, 2.75) is 155 Å². The molecule has 0 radical (unpaired) electrons. The van der Waals surface area contributed by atoms with Crippen molar-refractivity contribution in [3.8, 4) is 0 Å². The standard InChI is InChI=1S/C28H54O4/c1-3-31-27(29)25-23-21-19-17-15-13-11-9-7-5-6-8-10-12-14-16-18-20-22-24-26-28(30)32-4-2/h3-26H2,1-2H3. The van der Waals surface area contributed by atoms with Gasteiger partial charge in [0.2, 0.25) is 0 Å². The summed E-state index contributed by atoms with van der Waals surface area (Å²) >= 11 is 0.